The molecule has 0 aliphatic carbocycles. The minimum atomic E-state index is -0.291. The summed E-state index contributed by atoms with van der Waals surface area (Å²) in [6.45, 7) is 9.44. The molecule has 102 valence electrons. The number of likely N-dealkylation sites (N-methyl/N-ethyl adjacent to an activating group) is 1. The molecule has 0 saturated carbocycles. The maximum Gasteiger partial charge on any atom is 0.129 e. The van der Waals surface area contributed by atoms with Crippen LogP contribution in [0.5, 0.6) is 0 Å². The lowest BCUT2D eigenvalue weighted by atomic mass is 9.97. The van der Waals surface area contributed by atoms with Crippen molar-refractivity contribution < 1.29 is 4.39 Å². The summed E-state index contributed by atoms with van der Waals surface area (Å²) in [4.78, 5) is 2.16. The second kappa shape index (κ2) is 6.00. The Morgan fingerprint density at radius 1 is 1.39 bits per heavy atom. The molecular formula is C14H22ClFN2. The molecule has 1 aromatic rings. The van der Waals surface area contributed by atoms with E-state index in [2.05, 4.69) is 25.7 Å². The fraction of sp³-hybridized carbons (Fsp3) is 0.571. The molecular weight excluding hydrogens is 251 g/mol. The predicted octanol–water partition coefficient (Wildman–Crippen LogP) is 3.60. The van der Waals surface area contributed by atoms with Crippen molar-refractivity contribution in [2.75, 3.05) is 13.1 Å². The average Bonchev–Trinajstić information content (AvgIpc) is 2.25. The highest BCUT2D eigenvalue weighted by Crippen LogP contribution is 2.33. The Morgan fingerprint density at radius 2 is 2.00 bits per heavy atom. The molecule has 0 aromatic heterocycles. The maximum atomic E-state index is 14.0. The molecule has 2 N–H and O–H groups in total. The predicted molar refractivity (Wildman–Crippen MR) is 75.3 cm³/mol. The summed E-state index contributed by atoms with van der Waals surface area (Å²) in [7, 11) is 0. The van der Waals surface area contributed by atoms with Crippen molar-refractivity contribution in [2.24, 2.45) is 5.73 Å². The Balaban J connectivity index is 3.24. The Labute approximate surface area is 114 Å². The molecule has 0 radical (unpaired) electrons. The molecule has 0 heterocycles. The number of halogens is 2. The Kier molecular flexibility index (Phi) is 5.14. The van der Waals surface area contributed by atoms with Gasteiger partial charge in [-0.15, -0.1) is 0 Å². The first-order valence-electron chi connectivity index (χ1n) is 6.23. The first-order chi connectivity index (χ1) is 8.32. The lowest BCUT2D eigenvalue weighted by Gasteiger charge is -2.41. The van der Waals surface area contributed by atoms with Crippen LogP contribution < -0.4 is 5.73 Å². The van der Waals surface area contributed by atoms with E-state index >= 15 is 0 Å². The molecule has 1 unspecified atom stereocenters. The van der Waals surface area contributed by atoms with Crippen molar-refractivity contribution in [1.29, 1.82) is 0 Å². The van der Waals surface area contributed by atoms with E-state index in [1.807, 2.05) is 6.92 Å². The average molecular weight is 273 g/mol. The van der Waals surface area contributed by atoms with Crippen LogP contribution in [-0.2, 0) is 0 Å². The molecule has 0 saturated heterocycles. The number of benzene rings is 1. The SMILES string of the molecule is CCN(C(CN)c1c(F)cccc1Cl)C(C)(C)C. The summed E-state index contributed by atoms with van der Waals surface area (Å²) in [5.74, 6) is -0.291. The van der Waals surface area contributed by atoms with Crippen LogP contribution in [0.15, 0.2) is 18.2 Å². The lowest BCUT2D eigenvalue weighted by Crippen LogP contribution is -2.46. The van der Waals surface area contributed by atoms with E-state index in [0.29, 0.717) is 17.1 Å². The van der Waals surface area contributed by atoms with Crippen molar-refractivity contribution in [3.8, 4) is 0 Å². The third-order valence-electron chi connectivity index (χ3n) is 3.13. The summed E-state index contributed by atoms with van der Waals surface area (Å²) >= 11 is 6.13. The summed E-state index contributed by atoms with van der Waals surface area (Å²) < 4.78 is 14.0. The molecule has 0 bridgehead atoms. The summed E-state index contributed by atoms with van der Waals surface area (Å²) in [5.41, 5.74) is 6.25. The minimum Gasteiger partial charge on any atom is -0.329 e. The van der Waals surface area contributed by atoms with Crippen molar-refractivity contribution >= 4 is 11.6 Å². The molecule has 0 aliphatic heterocycles. The molecule has 0 amide bonds. The largest absolute Gasteiger partial charge is 0.329 e. The van der Waals surface area contributed by atoms with Crippen LogP contribution in [0.3, 0.4) is 0 Å². The zero-order valence-electron chi connectivity index (χ0n) is 11.5. The van der Waals surface area contributed by atoms with Crippen LogP contribution in [-0.4, -0.2) is 23.5 Å². The Hall–Kier alpha value is -0.640. The molecule has 1 aromatic carbocycles. The van der Waals surface area contributed by atoms with Gasteiger partial charge in [0.05, 0.1) is 6.04 Å². The van der Waals surface area contributed by atoms with Gasteiger partial charge in [0.2, 0.25) is 0 Å². The topological polar surface area (TPSA) is 29.3 Å². The molecule has 18 heavy (non-hydrogen) atoms. The summed E-state index contributed by atoms with van der Waals surface area (Å²) in [6.07, 6.45) is 0. The monoisotopic (exact) mass is 272 g/mol. The van der Waals surface area contributed by atoms with Crippen molar-refractivity contribution in [3.63, 3.8) is 0 Å². The lowest BCUT2D eigenvalue weighted by molar-refractivity contribution is 0.0900. The highest BCUT2D eigenvalue weighted by atomic mass is 35.5. The second-order valence-electron chi connectivity index (χ2n) is 5.34. The molecule has 1 atom stereocenters. The molecule has 1 rings (SSSR count). The standard InChI is InChI=1S/C14H22ClFN2/c1-5-18(14(2,3)4)12(9-17)13-10(15)7-6-8-11(13)16/h6-8,12H,5,9,17H2,1-4H3. The van der Waals surface area contributed by atoms with E-state index in [0.717, 1.165) is 6.54 Å². The number of hydrogen-bond acceptors (Lipinski definition) is 2. The molecule has 2 nitrogen and oxygen atoms in total. The highest BCUT2D eigenvalue weighted by Gasteiger charge is 2.30. The normalized spacial score (nSPS) is 14.0. The van der Waals surface area contributed by atoms with Crippen LogP contribution in [0, 0.1) is 5.82 Å². The first-order valence-corrected chi connectivity index (χ1v) is 6.61. The molecule has 4 heteroatoms. The van der Waals surface area contributed by atoms with Crippen LogP contribution in [0.1, 0.15) is 39.3 Å². The van der Waals surface area contributed by atoms with Crippen molar-refractivity contribution in [1.82, 2.24) is 4.90 Å². The smallest absolute Gasteiger partial charge is 0.129 e. The van der Waals surface area contributed by atoms with Gasteiger partial charge in [-0.3, -0.25) is 4.90 Å². The van der Waals surface area contributed by atoms with Gasteiger partial charge in [-0.1, -0.05) is 24.6 Å². The number of rotatable bonds is 4. The Bertz CT molecular complexity index is 381. The number of nitrogens with two attached hydrogens (primary N) is 1. The number of nitrogens with zero attached hydrogens (tertiary/aromatic N) is 1. The van der Waals surface area contributed by atoms with E-state index in [4.69, 9.17) is 17.3 Å². The van der Waals surface area contributed by atoms with Crippen molar-refractivity contribution in [2.45, 2.75) is 39.3 Å². The third kappa shape index (κ3) is 3.22. The quantitative estimate of drug-likeness (QED) is 0.907. The fourth-order valence-electron chi connectivity index (χ4n) is 2.39. The number of hydrogen-bond donors (Lipinski definition) is 1. The zero-order chi connectivity index (χ0) is 13.9. The van der Waals surface area contributed by atoms with Gasteiger partial charge in [-0.25, -0.2) is 4.39 Å². The van der Waals surface area contributed by atoms with Crippen molar-refractivity contribution in [3.05, 3.63) is 34.6 Å². The summed E-state index contributed by atoms with van der Waals surface area (Å²) in [6, 6.07) is 4.55. The van der Waals surface area contributed by atoms with E-state index in [1.54, 1.807) is 12.1 Å². The van der Waals surface area contributed by atoms with Crippen LogP contribution >= 0.6 is 11.6 Å². The fourth-order valence-corrected chi connectivity index (χ4v) is 2.68. The molecule has 0 aliphatic rings. The van der Waals surface area contributed by atoms with E-state index in [1.165, 1.54) is 6.07 Å². The van der Waals surface area contributed by atoms with Gasteiger partial charge >= 0.3 is 0 Å². The van der Waals surface area contributed by atoms with Gasteiger partial charge < -0.3 is 5.73 Å². The van der Waals surface area contributed by atoms with E-state index in [-0.39, 0.29) is 17.4 Å². The van der Waals surface area contributed by atoms with E-state index < -0.39 is 0 Å². The zero-order valence-corrected chi connectivity index (χ0v) is 12.3. The first kappa shape index (κ1) is 15.4. The summed E-state index contributed by atoms with van der Waals surface area (Å²) in [5, 5.41) is 0.438. The maximum absolute atomic E-state index is 14.0. The van der Waals surface area contributed by atoms with Gasteiger partial charge in [0.1, 0.15) is 5.82 Å². The second-order valence-corrected chi connectivity index (χ2v) is 5.75. The van der Waals surface area contributed by atoms with Gasteiger partial charge in [-0.2, -0.15) is 0 Å². The minimum absolute atomic E-state index is 0.0929. The van der Waals surface area contributed by atoms with Gasteiger partial charge in [-0.05, 0) is 39.4 Å². The van der Waals surface area contributed by atoms with Crippen LogP contribution in [0.25, 0.3) is 0 Å². The van der Waals surface area contributed by atoms with Gasteiger partial charge in [0.25, 0.3) is 0 Å². The van der Waals surface area contributed by atoms with Crippen LogP contribution in [0.2, 0.25) is 5.02 Å². The molecule has 0 spiro atoms. The van der Waals surface area contributed by atoms with Gasteiger partial charge in [0.15, 0.2) is 0 Å². The Morgan fingerprint density at radius 3 is 2.39 bits per heavy atom. The molecule has 0 fully saturated rings. The highest BCUT2D eigenvalue weighted by molar-refractivity contribution is 6.31. The van der Waals surface area contributed by atoms with Crippen LogP contribution in [0.4, 0.5) is 4.39 Å². The van der Waals surface area contributed by atoms with Gasteiger partial charge in [0, 0.05) is 22.7 Å². The van der Waals surface area contributed by atoms with E-state index in [9.17, 15) is 4.39 Å². The third-order valence-corrected chi connectivity index (χ3v) is 3.46.